The van der Waals surface area contributed by atoms with E-state index in [0.717, 1.165) is 15.4 Å². The molecule has 0 bridgehead atoms. The first-order chi connectivity index (χ1) is 10.7. The minimum Gasteiger partial charge on any atom is -0.494 e. The Labute approximate surface area is 135 Å². The summed E-state index contributed by atoms with van der Waals surface area (Å²) in [4.78, 5) is 8.33. The van der Waals surface area contributed by atoms with Crippen LogP contribution in [0, 0.1) is 5.82 Å². The highest BCUT2D eigenvalue weighted by atomic mass is 79.9. The number of methoxy groups -OCH3 is 1. The lowest BCUT2D eigenvalue weighted by Gasteiger charge is -2.09. The van der Waals surface area contributed by atoms with E-state index in [1.54, 1.807) is 12.1 Å². The predicted molar refractivity (Wildman–Crippen MR) is 84.5 cm³/mol. The van der Waals surface area contributed by atoms with Crippen molar-refractivity contribution >= 4 is 26.8 Å². The van der Waals surface area contributed by atoms with E-state index in [2.05, 4.69) is 25.9 Å². The molecule has 22 heavy (non-hydrogen) atoms. The van der Waals surface area contributed by atoms with Crippen LogP contribution in [0.5, 0.6) is 11.6 Å². The summed E-state index contributed by atoms with van der Waals surface area (Å²) in [6.07, 6.45) is 1.44. The Morgan fingerprint density at radius 3 is 2.77 bits per heavy atom. The lowest BCUT2D eigenvalue weighted by atomic mass is 10.2. The lowest BCUT2D eigenvalue weighted by molar-refractivity contribution is 0.296. The molecule has 0 radical (unpaired) electrons. The van der Waals surface area contributed by atoms with Crippen LogP contribution in [0.4, 0.5) is 4.39 Å². The van der Waals surface area contributed by atoms with Gasteiger partial charge in [0.25, 0.3) is 0 Å². The molecule has 0 aliphatic rings. The third kappa shape index (κ3) is 3.01. The summed E-state index contributed by atoms with van der Waals surface area (Å²) in [5, 5.41) is 0.797. The van der Waals surface area contributed by atoms with Gasteiger partial charge in [0.05, 0.1) is 18.0 Å². The number of fused-ring (bicyclic) bond motifs is 1. The molecule has 1 heterocycles. The molecule has 0 aliphatic carbocycles. The van der Waals surface area contributed by atoms with E-state index in [0.29, 0.717) is 11.4 Å². The number of ether oxygens (including phenoxy) is 2. The molecular weight excluding hydrogens is 351 g/mol. The minimum atomic E-state index is -0.418. The Morgan fingerprint density at radius 1 is 1.14 bits per heavy atom. The van der Waals surface area contributed by atoms with Crippen molar-refractivity contribution in [2.24, 2.45) is 0 Å². The highest BCUT2D eigenvalue weighted by Gasteiger charge is 2.08. The SMILES string of the molecule is COc1ccc(COc2ncnc3ccc(Br)cc23)cc1F. The molecule has 0 saturated heterocycles. The van der Waals surface area contributed by atoms with Crippen molar-refractivity contribution in [3.05, 3.63) is 58.6 Å². The molecule has 0 N–H and O–H groups in total. The van der Waals surface area contributed by atoms with Gasteiger partial charge in [-0.3, -0.25) is 0 Å². The third-order valence-electron chi connectivity index (χ3n) is 3.15. The van der Waals surface area contributed by atoms with Crippen molar-refractivity contribution in [3.63, 3.8) is 0 Å². The molecule has 0 unspecified atom stereocenters. The fraction of sp³-hybridized carbons (Fsp3) is 0.125. The molecule has 0 atom stereocenters. The molecule has 0 amide bonds. The summed E-state index contributed by atoms with van der Waals surface area (Å²) in [5.41, 5.74) is 1.48. The average Bonchev–Trinajstić information content (AvgIpc) is 2.53. The second-order valence-corrected chi connectivity index (χ2v) is 5.51. The standard InChI is InChI=1S/C16H12BrFN2O2/c1-21-15-5-2-10(6-13(15)18)8-22-16-12-7-11(17)3-4-14(12)19-9-20-16/h2-7,9H,8H2,1H3. The molecule has 0 aliphatic heterocycles. The fourth-order valence-corrected chi connectivity index (χ4v) is 2.43. The first-order valence-electron chi connectivity index (χ1n) is 6.53. The summed E-state index contributed by atoms with van der Waals surface area (Å²) in [5.74, 6) is 0.251. The summed E-state index contributed by atoms with van der Waals surface area (Å²) < 4.78 is 25.2. The number of rotatable bonds is 4. The number of nitrogens with zero attached hydrogens (tertiary/aromatic N) is 2. The average molecular weight is 363 g/mol. The summed E-state index contributed by atoms with van der Waals surface area (Å²) in [6, 6.07) is 10.4. The van der Waals surface area contributed by atoms with E-state index in [4.69, 9.17) is 9.47 Å². The van der Waals surface area contributed by atoms with Gasteiger partial charge in [0, 0.05) is 4.47 Å². The van der Waals surface area contributed by atoms with Gasteiger partial charge < -0.3 is 9.47 Å². The quantitative estimate of drug-likeness (QED) is 0.700. The van der Waals surface area contributed by atoms with E-state index in [1.807, 2.05) is 18.2 Å². The summed E-state index contributed by atoms with van der Waals surface area (Å²) in [6.45, 7) is 0.208. The zero-order valence-corrected chi connectivity index (χ0v) is 13.3. The van der Waals surface area contributed by atoms with Crippen molar-refractivity contribution in [1.29, 1.82) is 0 Å². The van der Waals surface area contributed by atoms with Gasteiger partial charge in [-0.25, -0.2) is 14.4 Å². The Hall–Kier alpha value is -2.21. The van der Waals surface area contributed by atoms with Crippen molar-refractivity contribution in [1.82, 2.24) is 9.97 Å². The van der Waals surface area contributed by atoms with Crippen LogP contribution < -0.4 is 9.47 Å². The molecule has 2 aromatic carbocycles. The van der Waals surface area contributed by atoms with Crippen LogP contribution >= 0.6 is 15.9 Å². The van der Waals surface area contributed by atoms with E-state index in [9.17, 15) is 4.39 Å². The number of aromatic nitrogens is 2. The fourth-order valence-electron chi connectivity index (χ4n) is 2.07. The number of benzene rings is 2. The molecule has 0 fully saturated rings. The second kappa shape index (κ2) is 6.27. The molecule has 6 heteroatoms. The van der Waals surface area contributed by atoms with Crippen LogP contribution in [0.15, 0.2) is 47.2 Å². The third-order valence-corrected chi connectivity index (χ3v) is 3.65. The van der Waals surface area contributed by atoms with E-state index < -0.39 is 5.82 Å². The van der Waals surface area contributed by atoms with Gasteiger partial charge >= 0.3 is 0 Å². The first kappa shape index (κ1) is 14.7. The van der Waals surface area contributed by atoms with Crippen LogP contribution in [0.25, 0.3) is 10.9 Å². The molecule has 3 aromatic rings. The highest BCUT2D eigenvalue weighted by molar-refractivity contribution is 9.10. The first-order valence-corrected chi connectivity index (χ1v) is 7.32. The van der Waals surface area contributed by atoms with Crippen LogP contribution in [0.1, 0.15) is 5.56 Å². The monoisotopic (exact) mass is 362 g/mol. The van der Waals surface area contributed by atoms with Crippen molar-refractivity contribution in [3.8, 4) is 11.6 Å². The predicted octanol–water partition coefficient (Wildman–Crippen LogP) is 4.12. The molecule has 4 nitrogen and oxygen atoms in total. The largest absolute Gasteiger partial charge is 0.494 e. The Balaban J connectivity index is 1.85. The topological polar surface area (TPSA) is 44.2 Å². The Bertz CT molecular complexity index is 826. The van der Waals surface area contributed by atoms with Gasteiger partial charge in [-0.05, 0) is 35.9 Å². The van der Waals surface area contributed by atoms with Gasteiger partial charge in [-0.2, -0.15) is 0 Å². The smallest absolute Gasteiger partial charge is 0.224 e. The molecule has 3 rings (SSSR count). The number of hydrogen-bond acceptors (Lipinski definition) is 4. The maximum Gasteiger partial charge on any atom is 0.224 e. The molecule has 112 valence electrons. The van der Waals surface area contributed by atoms with Crippen LogP contribution in [0.2, 0.25) is 0 Å². The molecule has 0 saturated carbocycles. The normalized spacial score (nSPS) is 10.7. The molecule has 0 spiro atoms. The van der Waals surface area contributed by atoms with Crippen molar-refractivity contribution in [2.45, 2.75) is 6.61 Å². The molecule has 1 aromatic heterocycles. The summed E-state index contributed by atoms with van der Waals surface area (Å²) >= 11 is 3.41. The molecular formula is C16H12BrFN2O2. The minimum absolute atomic E-state index is 0.208. The van der Waals surface area contributed by atoms with Gasteiger partial charge in [0.1, 0.15) is 12.9 Å². The van der Waals surface area contributed by atoms with Crippen LogP contribution in [-0.2, 0) is 6.61 Å². The van der Waals surface area contributed by atoms with Gasteiger partial charge in [-0.1, -0.05) is 22.0 Å². The van der Waals surface area contributed by atoms with E-state index in [1.165, 1.54) is 19.5 Å². The maximum atomic E-state index is 13.7. The Morgan fingerprint density at radius 2 is 2.00 bits per heavy atom. The van der Waals surface area contributed by atoms with Crippen LogP contribution in [0.3, 0.4) is 0 Å². The van der Waals surface area contributed by atoms with Crippen molar-refractivity contribution < 1.29 is 13.9 Å². The van der Waals surface area contributed by atoms with E-state index in [-0.39, 0.29) is 12.4 Å². The van der Waals surface area contributed by atoms with Gasteiger partial charge in [-0.15, -0.1) is 0 Å². The van der Waals surface area contributed by atoms with Gasteiger partial charge in [0.15, 0.2) is 11.6 Å². The Kier molecular flexibility index (Phi) is 4.20. The van der Waals surface area contributed by atoms with E-state index >= 15 is 0 Å². The lowest BCUT2D eigenvalue weighted by Crippen LogP contribution is -2.00. The second-order valence-electron chi connectivity index (χ2n) is 4.60. The maximum absolute atomic E-state index is 13.7. The zero-order valence-electron chi connectivity index (χ0n) is 11.7. The number of halogens is 2. The number of hydrogen-bond donors (Lipinski definition) is 0. The zero-order chi connectivity index (χ0) is 15.5. The van der Waals surface area contributed by atoms with Gasteiger partial charge in [0.2, 0.25) is 5.88 Å². The van der Waals surface area contributed by atoms with Crippen LogP contribution in [-0.4, -0.2) is 17.1 Å². The highest BCUT2D eigenvalue weighted by Crippen LogP contribution is 2.26. The summed E-state index contributed by atoms with van der Waals surface area (Å²) in [7, 11) is 1.43. The van der Waals surface area contributed by atoms with Crippen molar-refractivity contribution in [2.75, 3.05) is 7.11 Å².